The zero-order valence-corrected chi connectivity index (χ0v) is 32.2. The summed E-state index contributed by atoms with van der Waals surface area (Å²) < 4.78 is 0. The third-order valence-electron chi connectivity index (χ3n) is 12.3. The van der Waals surface area contributed by atoms with Gasteiger partial charge in [-0.2, -0.15) is 0 Å². The maximum Gasteiger partial charge on any atom is 0.0349 e. The summed E-state index contributed by atoms with van der Waals surface area (Å²) in [6, 6.07) is 58.7. The molecule has 1 aromatic heterocycles. The van der Waals surface area contributed by atoms with Crippen molar-refractivity contribution in [2.45, 2.75) is 32.1 Å². The molecule has 0 spiro atoms. The van der Waals surface area contributed by atoms with E-state index in [1.54, 1.807) is 0 Å². The van der Waals surface area contributed by atoms with E-state index >= 15 is 0 Å². The van der Waals surface area contributed by atoms with Crippen molar-refractivity contribution in [3.63, 3.8) is 0 Å². The first kappa shape index (κ1) is 33.1. The minimum absolute atomic E-state index is 0.290. The van der Waals surface area contributed by atoms with Crippen LogP contribution in [0.1, 0.15) is 41.0 Å². The molecule has 0 bridgehead atoms. The van der Waals surface area contributed by atoms with Crippen LogP contribution in [0.4, 0.5) is 0 Å². The Morgan fingerprint density at radius 3 is 1.77 bits per heavy atom. The molecule has 0 saturated heterocycles. The largest absolute Gasteiger partial charge is 0.135 e. The molecule has 0 saturated carbocycles. The number of allylic oxidation sites excluding steroid dienone is 1. The van der Waals surface area contributed by atoms with Crippen LogP contribution in [0.5, 0.6) is 0 Å². The molecule has 0 N–H and O–H groups in total. The number of benzene rings is 8. The van der Waals surface area contributed by atoms with Crippen LogP contribution in [0.2, 0.25) is 0 Å². The average Bonchev–Trinajstić information content (AvgIpc) is 3.77. The summed E-state index contributed by atoms with van der Waals surface area (Å²) >= 11 is 1.87. The summed E-state index contributed by atoms with van der Waals surface area (Å²) in [7, 11) is 0. The lowest BCUT2D eigenvalue weighted by Crippen LogP contribution is -2.34. The van der Waals surface area contributed by atoms with Crippen LogP contribution in [-0.4, -0.2) is 0 Å². The van der Waals surface area contributed by atoms with Gasteiger partial charge in [0.2, 0.25) is 0 Å². The van der Waals surface area contributed by atoms with Crippen molar-refractivity contribution in [3.8, 4) is 43.1 Å². The second-order valence-electron chi connectivity index (χ2n) is 15.4. The van der Waals surface area contributed by atoms with E-state index in [1.165, 1.54) is 108 Å². The highest BCUT2D eigenvalue weighted by Gasteiger charge is 2.24. The number of thiophene rings is 1. The van der Waals surface area contributed by atoms with E-state index in [0.29, 0.717) is 5.92 Å². The van der Waals surface area contributed by atoms with Crippen LogP contribution >= 0.6 is 11.3 Å². The highest BCUT2D eigenvalue weighted by molar-refractivity contribution is 7.18. The van der Waals surface area contributed by atoms with Gasteiger partial charge in [0.1, 0.15) is 0 Å². The van der Waals surface area contributed by atoms with Gasteiger partial charge in [0.05, 0.1) is 0 Å². The van der Waals surface area contributed by atoms with Crippen LogP contribution in [0.15, 0.2) is 164 Å². The number of rotatable bonds is 5. The minimum atomic E-state index is 0.290. The molecule has 1 heteroatoms. The minimum Gasteiger partial charge on any atom is -0.135 e. The van der Waals surface area contributed by atoms with Gasteiger partial charge in [0.25, 0.3) is 0 Å². The van der Waals surface area contributed by atoms with E-state index in [0.717, 1.165) is 19.3 Å². The van der Waals surface area contributed by atoms with Crippen molar-refractivity contribution in [2.24, 2.45) is 0 Å². The molecule has 11 rings (SSSR count). The van der Waals surface area contributed by atoms with Crippen molar-refractivity contribution in [2.75, 3.05) is 0 Å². The molecule has 56 heavy (non-hydrogen) atoms. The van der Waals surface area contributed by atoms with E-state index < -0.39 is 0 Å². The van der Waals surface area contributed by atoms with Crippen LogP contribution in [0, 0.1) is 6.92 Å². The smallest absolute Gasteiger partial charge is 0.0349 e. The Morgan fingerprint density at radius 1 is 0.464 bits per heavy atom. The van der Waals surface area contributed by atoms with Gasteiger partial charge < -0.3 is 0 Å². The molecule has 0 amide bonds. The summed E-state index contributed by atoms with van der Waals surface area (Å²) in [6.45, 7) is 2.26. The summed E-state index contributed by atoms with van der Waals surface area (Å²) in [5.74, 6) is 0.290. The van der Waals surface area contributed by atoms with Crippen LogP contribution in [0.25, 0.3) is 93.7 Å². The van der Waals surface area contributed by atoms with Gasteiger partial charge in [0, 0.05) is 15.7 Å². The molecule has 8 aromatic carbocycles. The van der Waals surface area contributed by atoms with Gasteiger partial charge in [-0.15, -0.1) is 11.3 Å². The fourth-order valence-corrected chi connectivity index (χ4v) is 10.7. The maximum absolute atomic E-state index is 2.52. The quantitative estimate of drug-likeness (QED) is 0.155. The lowest BCUT2D eigenvalue weighted by molar-refractivity contribution is 0.826. The maximum atomic E-state index is 2.52. The molecule has 0 aliphatic heterocycles. The second kappa shape index (κ2) is 13.5. The molecule has 1 unspecified atom stereocenters. The van der Waals surface area contributed by atoms with E-state index in [1.807, 2.05) is 11.3 Å². The second-order valence-corrected chi connectivity index (χ2v) is 16.5. The van der Waals surface area contributed by atoms with Gasteiger partial charge in [-0.3, -0.25) is 0 Å². The molecule has 1 atom stereocenters. The fourth-order valence-electron chi connectivity index (χ4n) is 9.65. The Bertz CT molecular complexity index is 3120. The summed E-state index contributed by atoms with van der Waals surface area (Å²) in [5.41, 5.74) is 13.4. The Morgan fingerprint density at radius 2 is 1.04 bits per heavy atom. The Balaban J connectivity index is 1.01. The van der Waals surface area contributed by atoms with Crippen molar-refractivity contribution in [3.05, 3.63) is 196 Å². The summed E-state index contributed by atoms with van der Waals surface area (Å²) in [4.78, 5) is 2.60. The monoisotopic (exact) mass is 732 g/mol. The topological polar surface area (TPSA) is 0 Å². The molecule has 0 nitrogen and oxygen atoms in total. The van der Waals surface area contributed by atoms with Crippen LogP contribution in [-0.2, 0) is 6.42 Å². The number of fused-ring (bicyclic) bond motifs is 5. The van der Waals surface area contributed by atoms with Crippen molar-refractivity contribution in [1.82, 2.24) is 0 Å². The number of hydrogen-bond donors (Lipinski definition) is 0. The Labute approximate surface area is 332 Å². The first-order valence-electron chi connectivity index (χ1n) is 19.9. The van der Waals surface area contributed by atoms with E-state index in [2.05, 4.69) is 189 Å². The van der Waals surface area contributed by atoms with Crippen molar-refractivity contribution in [1.29, 1.82) is 0 Å². The van der Waals surface area contributed by atoms with Gasteiger partial charge in [-0.1, -0.05) is 158 Å². The van der Waals surface area contributed by atoms with Gasteiger partial charge in [-0.25, -0.2) is 0 Å². The predicted molar refractivity (Wildman–Crippen MR) is 243 cm³/mol. The summed E-state index contributed by atoms with van der Waals surface area (Å²) in [6.07, 6.45) is 13.1. The van der Waals surface area contributed by atoms with E-state index in [9.17, 15) is 0 Å². The standard InChI is InChI=1S/C55H40S/c1-35-43-18-5-7-20-45(43)54(46-21-8-6-19-44(35)46)41-28-26-38-33-42(29-27-37(38)32-41)55-49-24-11-9-22-47(49)53(48-23-10-12-25-50(48)55)40-17-13-16-39(34-40)52-31-30-51(56-52)36-14-3-2-4-15-36/h2-9,11,13-32,34,42H,10,12,33H2,1H3. The predicted octanol–water partition coefficient (Wildman–Crippen LogP) is 13.9. The highest BCUT2D eigenvalue weighted by atomic mass is 32.1. The van der Waals surface area contributed by atoms with E-state index in [4.69, 9.17) is 0 Å². The van der Waals surface area contributed by atoms with Gasteiger partial charge in [0.15, 0.2) is 0 Å². The van der Waals surface area contributed by atoms with Gasteiger partial charge >= 0.3 is 0 Å². The first-order valence-corrected chi connectivity index (χ1v) is 20.7. The SMILES string of the molecule is Cc1c2ccccc2c(-c2ccc3c(c2)C=CC(c2c4c(c(-c5cccc(-c6ccc(-c7ccccc7)s6)c5)c5ccccc25)=CCCC=4)C3)c2ccccc12. The Hall–Kier alpha value is -6.28. The molecular weight excluding hydrogens is 693 g/mol. The molecule has 2 aliphatic rings. The molecular formula is C55H40S. The zero-order valence-electron chi connectivity index (χ0n) is 31.4. The molecule has 0 fully saturated rings. The lowest BCUT2D eigenvalue weighted by Gasteiger charge is -2.25. The molecule has 0 radical (unpaired) electrons. The third-order valence-corrected chi connectivity index (χ3v) is 13.4. The Kier molecular flexibility index (Phi) is 7.97. The van der Waals surface area contributed by atoms with Crippen molar-refractivity contribution >= 4 is 61.9 Å². The first-order chi connectivity index (χ1) is 27.7. The third kappa shape index (κ3) is 5.41. The fraction of sp³-hybridized carbons (Fsp3) is 0.0909. The number of aryl methyl sites for hydroxylation is 1. The lowest BCUT2D eigenvalue weighted by atomic mass is 9.78. The van der Waals surface area contributed by atoms with E-state index in [-0.39, 0.29) is 0 Å². The van der Waals surface area contributed by atoms with Gasteiger partial charge in [-0.05, 0) is 149 Å². The van der Waals surface area contributed by atoms with Crippen molar-refractivity contribution < 1.29 is 0 Å². The molecule has 2 aliphatic carbocycles. The van der Waals surface area contributed by atoms with Crippen LogP contribution in [0.3, 0.4) is 0 Å². The molecule has 1 heterocycles. The van der Waals surface area contributed by atoms with Crippen LogP contribution < -0.4 is 10.4 Å². The molecule has 266 valence electrons. The average molecular weight is 733 g/mol. The highest BCUT2D eigenvalue weighted by Crippen LogP contribution is 2.42. The number of hydrogen-bond acceptors (Lipinski definition) is 1. The summed E-state index contributed by atoms with van der Waals surface area (Å²) in [5, 5.41) is 10.8. The molecule has 9 aromatic rings. The zero-order chi connectivity index (χ0) is 37.2. The normalized spacial score (nSPS) is 14.7.